The van der Waals surface area contributed by atoms with Gasteiger partial charge in [-0.2, -0.15) is 0 Å². The van der Waals surface area contributed by atoms with E-state index in [1.807, 2.05) is 6.92 Å². The van der Waals surface area contributed by atoms with E-state index in [0.29, 0.717) is 0 Å². The van der Waals surface area contributed by atoms with Crippen LogP contribution < -0.4 is 5.32 Å². The van der Waals surface area contributed by atoms with Crippen LogP contribution in [0, 0.1) is 5.92 Å². The third kappa shape index (κ3) is 4.51. The lowest BCUT2D eigenvalue weighted by molar-refractivity contribution is -0.147. The van der Waals surface area contributed by atoms with E-state index in [9.17, 15) is 9.59 Å². The Morgan fingerprint density at radius 3 is 2.53 bits per heavy atom. The Hall–Kier alpha value is -1.06. The van der Waals surface area contributed by atoms with Crippen molar-refractivity contribution in [3.63, 3.8) is 0 Å². The summed E-state index contributed by atoms with van der Waals surface area (Å²) >= 11 is 0. The molecule has 2 atom stereocenters. The van der Waals surface area contributed by atoms with Crippen molar-refractivity contribution >= 4 is 11.8 Å². The summed E-state index contributed by atoms with van der Waals surface area (Å²) < 4.78 is 0. The van der Waals surface area contributed by atoms with Crippen LogP contribution in [0.3, 0.4) is 0 Å². The van der Waals surface area contributed by atoms with Crippen LogP contribution in [0.1, 0.15) is 59.3 Å². The first kappa shape index (κ1) is 16.0. The topological polar surface area (TPSA) is 49.4 Å². The molecule has 0 bridgehead atoms. The smallest absolute Gasteiger partial charge is 0.243 e. The second-order valence-electron chi connectivity index (χ2n) is 5.55. The van der Waals surface area contributed by atoms with Crippen LogP contribution in [0.5, 0.6) is 0 Å². The third-order valence-electron chi connectivity index (χ3n) is 4.02. The number of hydrogen-bond donors (Lipinski definition) is 1. The van der Waals surface area contributed by atoms with Gasteiger partial charge in [-0.15, -0.1) is 0 Å². The van der Waals surface area contributed by atoms with Crippen molar-refractivity contribution < 1.29 is 9.59 Å². The molecule has 110 valence electrons. The lowest BCUT2D eigenvalue weighted by atomic mass is 9.94. The first-order chi connectivity index (χ1) is 9.11. The normalized spacial score (nSPS) is 21.4. The molecule has 0 aromatic heterocycles. The van der Waals surface area contributed by atoms with E-state index in [-0.39, 0.29) is 30.3 Å². The van der Waals surface area contributed by atoms with Gasteiger partial charge in [0.1, 0.15) is 6.04 Å². The highest BCUT2D eigenvalue weighted by Gasteiger charge is 2.36. The molecule has 2 unspecified atom stereocenters. The summed E-state index contributed by atoms with van der Waals surface area (Å²) in [6, 6.07) is -0.266. The van der Waals surface area contributed by atoms with E-state index >= 15 is 0 Å². The number of rotatable bonds is 8. The average molecular weight is 268 g/mol. The fraction of sp³-hybridized carbons (Fsp3) is 0.867. The highest BCUT2D eigenvalue weighted by Crippen LogP contribution is 2.19. The Morgan fingerprint density at radius 2 is 1.89 bits per heavy atom. The van der Waals surface area contributed by atoms with Crippen LogP contribution in [-0.2, 0) is 9.59 Å². The number of nitrogens with one attached hydrogen (secondary N) is 1. The fourth-order valence-electron chi connectivity index (χ4n) is 2.60. The number of piperazine rings is 1. The number of unbranched alkanes of at least 4 members (excludes halogenated alkanes) is 4. The molecule has 1 fully saturated rings. The quantitative estimate of drug-likeness (QED) is 0.687. The molecule has 4 nitrogen and oxygen atoms in total. The molecular weight excluding hydrogens is 240 g/mol. The van der Waals surface area contributed by atoms with E-state index in [1.54, 1.807) is 4.90 Å². The summed E-state index contributed by atoms with van der Waals surface area (Å²) in [6.07, 6.45) is 6.76. The number of carbonyl (C=O) groups is 2. The van der Waals surface area contributed by atoms with Crippen molar-refractivity contribution in [2.75, 3.05) is 13.1 Å². The number of amides is 2. The number of hydrogen-bond acceptors (Lipinski definition) is 2. The van der Waals surface area contributed by atoms with Gasteiger partial charge in [0.05, 0.1) is 6.54 Å². The molecule has 0 aliphatic carbocycles. The first-order valence-corrected chi connectivity index (χ1v) is 7.69. The minimum atomic E-state index is -0.266. The Bertz CT molecular complexity index is 305. The molecule has 19 heavy (non-hydrogen) atoms. The SMILES string of the molecule is CCCCCCCN1C(=O)CNC(=O)C1C(C)CC. The molecule has 1 aliphatic heterocycles. The molecule has 1 saturated heterocycles. The summed E-state index contributed by atoms with van der Waals surface area (Å²) in [5.74, 6) is 0.308. The molecule has 0 radical (unpaired) electrons. The van der Waals surface area contributed by atoms with E-state index in [0.717, 1.165) is 25.8 Å². The summed E-state index contributed by atoms with van der Waals surface area (Å²) in [4.78, 5) is 25.8. The van der Waals surface area contributed by atoms with Crippen LogP contribution in [0.2, 0.25) is 0 Å². The third-order valence-corrected chi connectivity index (χ3v) is 4.02. The molecule has 1 aliphatic rings. The largest absolute Gasteiger partial charge is 0.345 e. The summed E-state index contributed by atoms with van der Waals surface area (Å²) in [5.41, 5.74) is 0. The molecule has 4 heteroatoms. The van der Waals surface area contributed by atoms with E-state index in [4.69, 9.17) is 0 Å². The zero-order chi connectivity index (χ0) is 14.3. The first-order valence-electron chi connectivity index (χ1n) is 7.69. The van der Waals surface area contributed by atoms with Gasteiger partial charge < -0.3 is 10.2 Å². The Balaban J connectivity index is 2.53. The van der Waals surface area contributed by atoms with Crippen LogP contribution in [0.25, 0.3) is 0 Å². The molecule has 2 amide bonds. The molecule has 0 saturated carbocycles. The summed E-state index contributed by atoms with van der Waals surface area (Å²) in [5, 5.41) is 2.71. The zero-order valence-corrected chi connectivity index (χ0v) is 12.6. The van der Waals surface area contributed by atoms with Crippen LogP contribution in [-0.4, -0.2) is 35.8 Å². The highest BCUT2D eigenvalue weighted by molar-refractivity contribution is 5.94. The van der Waals surface area contributed by atoms with Gasteiger partial charge in [-0.3, -0.25) is 9.59 Å². The van der Waals surface area contributed by atoms with Crippen molar-refractivity contribution in [1.29, 1.82) is 0 Å². The van der Waals surface area contributed by atoms with Gasteiger partial charge >= 0.3 is 0 Å². The molecule has 0 spiro atoms. The molecule has 0 aromatic carbocycles. The predicted octanol–water partition coefficient (Wildman–Crippen LogP) is 2.33. The van der Waals surface area contributed by atoms with E-state index in [1.165, 1.54) is 19.3 Å². The monoisotopic (exact) mass is 268 g/mol. The van der Waals surface area contributed by atoms with Gasteiger partial charge in [0, 0.05) is 6.54 Å². The van der Waals surface area contributed by atoms with Crippen molar-refractivity contribution in [3.05, 3.63) is 0 Å². The molecule has 1 N–H and O–H groups in total. The standard InChI is InChI=1S/C15H28N2O2/c1-4-6-7-8-9-10-17-13(18)11-16-15(19)14(17)12(3)5-2/h12,14H,4-11H2,1-3H3,(H,16,19). The molecule has 1 heterocycles. The maximum absolute atomic E-state index is 12.0. The lowest BCUT2D eigenvalue weighted by Crippen LogP contribution is -2.60. The Kier molecular flexibility index (Phi) is 6.89. The van der Waals surface area contributed by atoms with Crippen molar-refractivity contribution in [3.8, 4) is 0 Å². The summed E-state index contributed by atoms with van der Waals surface area (Å²) in [7, 11) is 0. The maximum atomic E-state index is 12.0. The maximum Gasteiger partial charge on any atom is 0.243 e. The van der Waals surface area contributed by atoms with E-state index in [2.05, 4.69) is 19.2 Å². The van der Waals surface area contributed by atoms with Gasteiger partial charge in [-0.05, 0) is 12.3 Å². The van der Waals surface area contributed by atoms with Gasteiger partial charge in [-0.25, -0.2) is 0 Å². The highest BCUT2D eigenvalue weighted by atomic mass is 16.2. The van der Waals surface area contributed by atoms with Crippen LogP contribution in [0.4, 0.5) is 0 Å². The summed E-state index contributed by atoms with van der Waals surface area (Å²) in [6.45, 7) is 7.20. The molecule has 0 aromatic rings. The van der Waals surface area contributed by atoms with Gasteiger partial charge in [0.2, 0.25) is 11.8 Å². The van der Waals surface area contributed by atoms with Crippen molar-refractivity contribution in [2.24, 2.45) is 5.92 Å². The second kappa shape index (κ2) is 8.18. The fourth-order valence-corrected chi connectivity index (χ4v) is 2.60. The zero-order valence-electron chi connectivity index (χ0n) is 12.6. The van der Waals surface area contributed by atoms with Crippen LogP contribution in [0.15, 0.2) is 0 Å². The van der Waals surface area contributed by atoms with Crippen molar-refractivity contribution in [2.45, 2.75) is 65.3 Å². The van der Waals surface area contributed by atoms with Crippen LogP contribution >= 0.6 is 0 Å². The average Bonchev–Trinajstić information content (AvgIpc) is 2.41. The predicted molar refractivity (Wildman–Crippen MR) is 76.7 cm³/mol. The van der Waals surface area contributed by atoms with E-state index < -0.39 is 0 Å². The minimum absolute atomic E-state index is 0.0162. The Labute approximate surface area is 116 Å². The second-order valence-corrected chi connectivity index (χ2v) is 5.55. The number of carbonyl (C=O) groups excluding carboxylic acids is 2. The van der Waals surface area contributed by atoms with Gasteiger partial charge in [0.25, 0.3) is 0 Å². The van der Waals surface area contributed by atoms with Crippen molar-refractivity contribution in [1.82, 2.24) is 10.2 Å². The lowest BCUT2D eigenvalue weighted by Gasteiger charge is -2.38. The van der Waals surface area contributed by atoms with Gasteiger partial charge in [0.15, 0.2) is 0 Å². The van der Waals surface area contributed by atoms with Gasteiger partial charge in [-0.1, -0.05) is 52.9 Å². The number of nitrogens with zero attached hydrogens (tertiary/aromatic N) is 1. The molecular formula is C15H28N2O2. The molecule has 1 rings (SSSR count). The Morgan fingerprint density at radius 1 is 1.21 bits per heavy atom. The minimum Gasteiger partial charge on any atom is -0.345 e.